The van der Waals surface area contributed by atoms with Crippen LogP contribution in [0.4, 0.5) is 5.69 Å². The molecular weight excluding hydrogens is 352 g/mol. The molecule has 2 aromatic rings. The molecule has 0 fully saturated rings. The van der Waals surface area contributed by atoms with Crippen LogP contribution < -0.4 is 15.4 Å². The minimum atomic E-state index is -0.694. The third-order valence-corrected chi connectivity index (χ3v) is 3.94. The lowest BCUT2D eigenvalue weighted by atomic mass is 10.1. The fourth-order valence-electron chi connectivity index (χ4n) is 2.36. The monoisotopic (exact) mass is 374 g/mol. The van der Waals surface area contributed by atoms with Crippen molar-refractivity contribution in [2.45, 2.75) is 32.8 Å². The minimum Gasteiger partial charge on any atom is -0.481 e. The molecule has 2 rings (SSSR count). The Balaban J connectivity index is 2.11. The summed E-state index contributed by atoms with van der Waals surface area (Å²) in [6, 6.07) is 13.8. The van der Waals surface area contributed by atoms with Crippen molar-refractivity contribution < 1.29 is 14.3 Å². The van der Waals surface area contributed by atoms with E-state index in [9.17, 15) is 9.59 Å². The molecule has 0 radical (unpaired) electrons. The van der Waals surface area contributed by atoms with Gasteiger partial charge in [-0.3, -0.25) is 9.59 Å². The van der Waals surface area contributed by atoms with Crippen molar-refractivity contribution in [1.82, 2.24) is 5.32 Å². The quantitative estimate of drug-likeness (QED) is 0.724. The highest BCUT2D eigenvalue weighted by molar-refractivity contribution is 6.30. The van der Waals surface area contributed by atoms with E-state index in [0.29, 0.717) is 35.0 Å². The van der Waals surface area contributed by atoms with Gasteiger partial charge in [-0.1, -0.05) is 43.6 Å². The topological polar surface area (TPSA) is 67.4 Å². The van der Waals surface area contributed by atoms with Gasteiger partial charge >= 0.3 is 0 Å². The molecule has 0 aliphatic rings. The van der Waals surface area contributed by atoms with Crippen LogP contribution in [0, 0.1) is 0 Å². The minimum absolute atomic E-state index is 0.216. The second-order valence-electron chi connectivity index (χ2n) is 5.76. The summed E-state index contributed by atoms with van der Waals surface area (Å²) >= 11 is 5.95. The molecule has 0 heterocycles. The zero-order valence-corrected chi connectivity index (χ0v) is 15.7. The zero-order valence-electron chi connectivity index (χ0n) is 14.9. The summed E-state index contributed by atoms with van der Waals surface area (Å²) in [5.41, 5.74) is 0.881. The largest absolute Gasteiger partial charge is 0.481 e. The van der Waals surface area contributed by atoms with Gasteiger partial charge in [0.05, 0.1) is 11.3 Å². The van der Waals surface area contributed by atoms with E-state index in [1.165, 1.54) is 0 Å². The Hall–Kier alpha value is -2.53. The summed E-state index contributed by atoms with van der Waals surface area (Å²) in [7, 11) is 0. The standard InChI is InChI=1S/C20H23ClN2O3/c1-3-12-22-19(24)16-10-5-6-11-17(16)23-20(25)18(4-2)26-15-9-7-8-14(21)13-15/h5-11,13,18H,3-4,12H2,1-2H3,(H,22,24)(H,23,25)/t18-/m1/s1. The predicted octanol–water partition coefficient (Wildman–Crippen LogP) is 4.28. The van der Waals surface area contributed by atoms with Crippen molar-refractivity contribution >= 4 is 29.1 Å². The van der Waals surface area contributed by atoms with Crippen LogP contribution in [0.3, 0.4) is 0 Å². The predicted molar refractivity (Wildman–Crippen MR) is 104 cm³/mol. The van der Waals surface area contributed by atoms with E-state index >= 15 is 0 Å². The summed E-state index contributed by atoms with van der Waals surface area (Å²) in [4.78, 5) is 24.9. The number of halogens is 1. The maximum absolute atomic E-state index is 12.6. The summed E-state index contributed by atoms with van der Waals surface area (Å²) in [6.07, 6.45) is 0.619. The first kappa shape index (κ1) is 19.8. The average Bonchev–Trinajstić information content (AvgIpc) is 2.64. The van der Waals surface area contributed by atoms with Crippen molar-refractivity contribution in [2.75, 3.05) is 11.9 Å². The van der Waals surface area contributed by atoms with Crippen LogP contribution in [0.1, 0.15) is 37.0 Å². The Morgan fingerprint density at radius 1 is 1.12 bits per heavy atom. The maximum atomic E-state index is 12.6. The van der Waals surface area contributed by atoms with Gasteiger partial charge in [0.2, 0.25) is 0 Å². The Morgan fingerprint density at radius 3 is 2.58 bits per heavy atom. The highest BCUT2D eigenvalue weighted by Crippen LogP contribution is 2.21. The molecule has 6 heteroatoms. The second kappa shape index (κ2) is 9.82. The Labute approximate surface area is 158 Å². The summed E-state index contributed by atoms with van der Waals surface area (Å²) in [5, 5.41) is 6.15. The third-order valence-electron chi connectivity index (χ3n) is 3.70. The number of ether oxygens (including phenoxy) is 1. The first-order chi connectivity index (χ1) is 12.5. The number of para-hydroxylation sites is 1. The summed E-state index contributed by atoms with van der Waals surface area (Å²) in [5.74, 6) is -0.0109. The number of amides is 2. The molecule has 1 atom stereocenters. The van der Waals surface area contributed by atoms with Gasteiger partial charge in [-0.15, -0.1) is 0 Å². The molecule has 2 amide bonds. The van der Waals surface area contributed by atoms with Crippen molar-refractivity contribution in [3.8, 4) is 5.75 Å². The molecule has 5 nitrogen and oxygen atoms in total. The van der Waals surface area contributed by atoms with Crippen LogP contribution >= 0.6 is 11.6 Å². The molecule has 0 saturated carbocycles. The van der Waals surface area contributed by atoms with Crippen LogP contribution in [-0.2, 0) is 4.79 Å². The van der Waals surface area contributed by atoms with Gasteiger partial charge in [0.1, 0.15) is 5.75 Å². The van der Waals surface area contributed by atoms with Crippen molar-refractivity contribution in [3.05, 3.63) is 59.1 Å². The molecule has 0 unspecified atom stereocenters. The molecular formula is C20H23ClN2O3. The van der Waals surface area contributed by atoms with Crippen LogP contribution in [0.5, 0.6) is 5.75 Å². The van der Waals surface area contributed by atoms with Crippen LogP contribution in [0.25, 0.3) is 0 Å². The number of rotatable bonds is 8. The zero-order chi connectivity index (χ0) is 18.9. The number of carbonyl (C=O) groups excluding carboxylic acids is 2. The van der Waals surface area contributed by atoms with Gasteiger partial charge in [0.15, 0.2) is 6.10 Å². The lowest BCUT2D eigenvalue weighted by Crippen LogP contribution is -2.33. The number of hydrogen-bond donors (Lipinski definition) is 2. The molecule has 0 aliphatic carbocycles. The second-order valence-corrected chi connectivity index (χ2v) is 6.20. The van der Waals surface area contributed by atoms with Crippen molar-refractivity contribution in [3.63, 3.8) is 0 Å². The Bertz CT molecular complexity index is 764. The van der Waals surface area contributed by atoms with E-state index in [2.05, 4.69) is 10.6 Å². The number of nitrogens with one attached hydrogen (secondary N) is 2. The first-order valence-electron chi connectivity index (χ1n) is 8.65. The van der Waals surface area contributed by atoms with Crippen LogP contribution in [0.2, 0.25) is 5.02 Å². The molecule has 138 valence electrons. The van der Waals surface area contributed by atoms with Gasteiger partial charge in [-0.2, -0.15) is 0 Å². The van der Waals surface area contributed by atoms with E-state index in [1.807, 2.05) is 13.8 Å². The first-order valence-corrected chi connectivity index (χ1v) is 9.03. The number of carbonyl (C=O) groups is 2. The highest BCUT2D eigenvalue weighted by atomic mass is 35.5. The van der Waals surface area contributed by atoms with Crippen LogP contribution in [0.15, 0.2) is 48.5 Å². The molecule has 0 spiro atoms. The number of anilines is 1. The highest BCUT2D eigenvalue weighted by Gasteiger charge is 2.21. The normalized spacial score (nSPS) is 11.5. The lowest BCUT2D eigenvalue weighted by Gasteiger charge is -2.18. The van der Waals surface area contributed by atoms with E-state index in [0.717, 1.165) is 6.42 Å². The fraction of sp³-hybridized carbons (Fsp3) is 0.300. The number of benzene rings is 2. The van der Waals surface area contributed by atoms with Gasteiger partial charge in [-0.25, -0.2) is 0 Å². The maximum Gasteiger partial charge on any atom is 0.265 e. The summed E-state index contributed by atoms with van der Waals surface area (Å²) < 4.78 is 5.75. The molecule has 2 N–H and O–H groups in total. The molecule has 0 saturated heterocycles. The van der Waals surface area contributed by atoms with Gasteiger partial charge in [0, 0.05) is 11.6 Å². The van der Waals surface area contributed by atoms with E-state index in [1.54, 1.807) is 48.5 Å². The fourth-order valence-corrected chi connectivity index (χ4v) is 2.54. The van der Waals surface area contributed by atoms with Gasteiger partial charge < -0.3 is 15.4 Å². The lowest BCUT2D eigenvalue weighted by molar-refractivity contribution is -0.122. The Morgan fingerprint density at radius 2 is 1.88 bits per heavy atom. The average molecular weight is 375 g/mol. The van der Waals surface area contributed by atoms with Crippen molar-refractivity contribution in [2.24, 2.45) is 0 Å². The third kappa shape index (κ3) is 5.49. The van der Waals surface area contributed by atoms with Crippen molar-refractivity contribution in [1.29, 1.82) is 0 Å². The van der Waals surface area contributed by atoms with Crippen LogP contribution in [-0.4, -0.2) is 24.5 Å². The smallest absolute Gasteiger partial charge is 0.265 e. The molecule has 0 bridgehead atoms. The molecule has 0 aromatic heterocycles. The SMILES string of the molecule is CCCNC(=O)c1ccccc1NC(=O)[C@@H](CC)Oc1cccc(Cl)c1. The van der Waals surface area contributed by atoms with E-state index in [4.69, 9.17) is 16.3 Å². The Kier molecular flexibility index (Phi) is 7.48. The van der Waals surface area contributed by atoms with Gasteiger partial charge in [0.25, 0.3) is 11.8 Å². The molecule has 2 aromatic carbocycles. The molecule has 26 heavy (non-hydrogen) atoms. The molecule has 0 aliphatic heterocycles. The van der Waals surface area contributed by atoms with E-state index < -0.39 is 6.10 Å². The summed E-state index contributed by atoms with van der Waals surface area (Å²) in [6.45, 7) is 4.41. The van der Waals surface area contributed by atoms with E-state index in [-0.39, 0.29) is 11.8 Å². The number of hydrogen-bond acceptors (Lipinski definition) is 3. The van der Waals surface area contributed by atoms with Gasteiger partial charge in [-0.05, 0) is 43.2 Å².